The van der Waals surface area contributed by atoms with Crippen LogP contribution in [0.15, 0.2) is 59.8 Å². The summed E-state index contributed by atoms with van der Waals surface area (Å²) in [5, 5.41) is 9.24. The highest BCUT2D eigenvalue weighted by atomic mass is 32.2. The monoisotopic (exact) mass is 408 g/mol. The summed E-state index contributed by atoms with van der Waals surface area (Å²) in [6.07, 6.45) is 3.84. The second-order valence-electron chi connectivity index (χ2n) is 6.72. The minimum absolute atomic E-state index is 0.0590. The number of piperazine rings is 1. The normalized spacial score (nSPS) is 15.2. The number of aryl methyl sites for hydroxylation is 1. The molecule has 2 aromatic heterocycles. The molecule has 0 amide bonds. The molecule has 9 heteroatoms. The number of benzene rings is 1. The molecule has 1 aliphatic heterocycles. The molecule has 148 valence electrons. The predicted molar refractivity (Wildman–Crippen MR) is 108 cm³/mol. The molecule has 3 aromatic rings. The number of nitriles is 1. The van der Waals surface area contributed by atoms with E-state index in [1.165, 1.54) is 16.4 Å². The standard InChI is InChI=1S/C20H20N6O2S/c1-16-22-19(24-8-4-5-9-24)14-20(23-16)25-10-12-26(13-11-25)29(27,28)18-7-3-2-6-17(18)15-21/h2-9,14H,10-13H2,1H3. The summed E-state index contributed by atoms with van der Waals surface area (Å²) in [4.78, 5) is 11.1. The molecule has 0 saturated carbocycles. The third-order valence-corrected chi connectivity index (χ3v) is 6.82. The average molecular weight is 408 g/mol. The van der Waals surface area contributed by atoms with Gasteiger partial charge in [0.05, 0.1) is 10.5 Å². The van der Waals surface area contributed by atoms with Gasteiger partial charge in [-0.25, -0.2) is 18.4 Å². The van der Waals surface area contributed by atoms with Gasteiger partial charge < -0.3 is 9.47 Å². The molecule has 0 spiro atoms. The summed E-state index contributed by atoms with van der Waals surface area (Å²) in [7, 11) is -3.71. The zero-order valence-electron chi connectivity index (χ0n) is 15.9. The van der Waals surface area contributed by atoms with Crippen molar-refractivity contribution in [3.63, 3.8) is 0 Å². The molecule has 0 radical (unpaired) electrons. The van der Waals surface area contributed by atoms with Crippen molar-refractivity contribution in [2.45, 2.75) is 11.8 Å². The fourth-order valence-electron chi connectivity index (χ4n) is 3.40. The maximum atomic E-state index is 13.0. The SMILES string of the molecule is Cc1nc(N2CCN(S(=O)(=O)c3ccccc3C#N)CC2)cc(-n2cccc2)n1. The van der Waals surface area contributed by atoms with E-state index in [9.17, 15) is 13.7 Å². The van der Waals surface area contributed by atoms with Crippen molar-refractivity contribution in [3.8, 4) is 11.9 Å². The van der Waals surface area contributed by atoms with E-state index in [0.29, 0.717) is 32.0 Å². The molecule has 1 saturated heterocycles. The Morgan fingerprint density at radius 2 is 1.62 bits per heavy atom. The first-order valence-corrected chi connectivity index (χ1v) is 10.7. The summed E-state index contributed by atoms with van der Waals surface area (Å²) in [5.74, 6) is 2.20. The first-order valence-electron chi connectivity index (χ1n) is 9.22. The van der Waals surface area contributed by atoms with Crippen molar-refractivity contribution in [1.82, 2.24) is 18.8 Å². The van der Waals surface area contributed by atoms with E-state index < -0.39 is 10.0 Å². The topological polar surface area (TPSA) is 95.1 Å². The zero-order valence-corrected chi connectivity index (χ0v) is 16.7. The van der Waals surface area contributed by atoms with Crippen molar-refractivity contribution < 1.29 is 8.42 Å². The van der Waals surface area contributed by atoms with E-state index in [1.807, 2.05) is 48.2 Å². The van der Waals surface area contributed by atoms with E-state index in [1.54, 1.807) is 12.1 Å². The molecule has 0 aliphatic carbocycles. The van der Waals surface area contributed by atoms with Gasteiger partial charge in [0.1, 0.15) is 23.5 Å². The number of hydrogen-bond acceptors (Lipinski definition) is 6. The van der Waals surface area contributed by atoms with E-state index in [2.05, 4.69) is 14.9 Å². The van der Waals surface area contributed by atoms with Gasteiger partial charge in [0.25, 0.3) is 0 Å². The maximum Gasteiger partial charge on any atom is 0.244 e. The van der Waals surface area contributed by atoms with Gasteiger partial charge in [-0.05, 0) is 31.2 Å². The highest BCUT2D eigenvalue weighted by Gasteiger charge is 2.30. The third kappa shape index (κ3) is 3.72. The van der Waals surface area contributed by atoms with Crippen LogP contribution in [0, 0.1) is 18.3 Å². The van der Waals surface area contributed by atoms with Crippen LogP contribution in [0.3, 0.4) is 0 Å². The number of anilines is 1. The van der Waals surface area contributed by atoms with Crippen LogP contribution in [0.25, 0.3) is 5.82 Å². The summed E-state index contributed by atoms with van der Waals surface area (Å²) >= 11 is 0. The minimum Gasteiger partial charge on any atom is -0.354 e. The van der Waals surface area contributed by atoms with Crippen LogP contribution >= 0.6 is 0 Å². The average Bonchev–Trinajstić information content (AvgIpc) is 3.28. The molecule has 0 atom stereocenters. The second kappa shape index (κ2) is 7.66. The van der Waals surface area contributed by atoms with Crippen LogP contribution in [-0.4, -0.2) is 53.4 Å². The molecule has 8 nitrogen and oxygen atoms in total. The van der Waals surface area contributed by atoms with Gasteiger partial charge in [-0.1, -0.05) is 12.1 Å². The fourth-order valence-corrected chi connectivity index (χ4v) is 4.96. The fraction of sp³-hybridized carbons (Fsp3) is 0.250. The smallest absolute Gasteiger partial charge is 0.244 e. The molecule has 0 unspecified atom stereocenters. The lowest BCUT2D eigenvalue weighted by Crippen LogP contribution is -2.49. The van der Waals surface area contributed by atoms with Crippen LogP contribution in [0.2, 0.25) is 0 Å². The molecule has 4 rings (SSSR count). The number of aromatic nitrogens is 3. The van der Waals surface area contributed by atoms with Crippen LogP contribution < -0.4 is 4.90 Å². The predicted octanol–water partition coefficient (Wildman–Crippen LogP) is 1.96. The van der Waals surface area contributed by atoms with E-state index in [0.717, 1.165) is 11.6 Å². The van der Waals surface area contributed by atoms with Crippen LogP contribution in [0.1, 0.15) is 11.4 Å². The van der Waals surface area contributed by atoms with Gasteiger partial charge in [0.15, 0.2) is 0 Å². The van der Waals surface area contributed by atoms with Crippen LogP contribution in [0.4, 0.5) is 5.82 Å². The molecule has 0 bridgehead atoms. The Hall–Kier alpha value is -3.22. The van der Waals surface area contributed by atoms with Gasteiger partial charge in [-0.15, -0.1) is 0 Å². The van der Waals surface area contributed by atoms with E-state index in [4.69, 9.17) is 0 Å². The second-order valence-corrected chi connectivity index (χ2v) is 8.63. The maximum absolute atomic E-state index is 13.0. The quantitative estimate of drug-likeness (QED) is 0.655. The van der Waals surface area contributed by atoms with Crippen molar-refractivity contribution in [2.24, 2.45) is 0 Å². The lowest BCUT2D eigenvalue weighted by atomic mass is 10.2. The molecular weight excluding hydrogens is 388 g/mol. The first kappa shape index (κ1) is 19.1. The Balaban J connectivity index is 1.54. The summed E-state index contributed by atoms with van der Waals surface area (Å²) in [6, 6.07) is 14.0. The van der Waals surface area contributed by atoms with Crippen molar-refractivity contribution in [2.75, 3.05) is 31.1 Å². The Morgan fingerprint density at radius 1 is 0.966 bits per heavy atom. The van der Waals surface area contributed by atoms with Gasteiger partial charge in [0.2, 0.25) is 10.0 Å². The molecule has 3 heterocycles. The summed E-state index contributed by atoms with van der Waals surface area (Å²) < 4.78 is 29.3. The van der Waals surface area contributed by atoms with Gasteiger partial charge in [0, 0.05) is 44.6 Å². The van der Waals surface area contributed by atoms with Gasteiger partial charge in [-0.3, -0.25) is 0 Å². The largest absolute Gasteiger partial charge is 0.354 e. The number of hydrogen-bond donors (Lipinski definition) is 0. The lowest BCUT2D eigenvalue weighted by molar-refractivity contribution is 0.383. The van der Waals surface area contributed by atoms with E-state index >= 15 is 0 Å². The Labute approximate surface area is 169 Å². The van der Waals surface area contributed by atoms with Gasteiger partial charge in [-0.2, -0.15) is 9.57 Å². The van der Waals surface area contributed by atoms with Crippen molar-refractivity contribution in [1.29, 1.82) is 5.26 Å². The lowest BCUT2D eigenvalue weighted by Gasteiger charge is -2.35. The summed E-state index contributed by atoms with van der Waals surface area (Å²) in [6.45, 7) is 3.51. The molecule has 0 N–H and O–H groups in total. The number of nitrogens with zero attached hydrogens (tertiary/aromatic N) is 6. The zero-order chi connectivity index (χ0) is 20.4. The molecule has 1 aliphatic rings. The minimum atomic E-state index is -3.71. The number of sulfonamides is 1. The molecule has 1 aromatic carbocycles. The van der Waals surface area contributed by atoms with Crippen LogP contribution in [-0.2, 0) is 10.0 Å². The Kier molecular flexibility index (Phi) is 5.05. The first-order chi connectivity index (χ1) is 14.0. The molecular formula is C20H20N6O2S. The summed E-state index contributed by atoms with van der Waals surface area (Å²) in [5.41, 5.74) is 0.165. The molecule has 29 heavy (non-hydrogen) atoms. The Morgan fingerprint density at radius 3 is 2.31 bits per heavy atom. The third-order valence-electron chi connectivity index (χ3n) is 4.87. The van der Waals surface area contributed by atoms with Crippen molar-refractivity contribution >= 4 is 15.8 Å². The highest BCUT2D eigenvalue weighted by Crippen LogP contribution is 2.23. The van der Waals surface area contributed by atoms with Gasteiger partial charge >= 0.3 is 0 Å². The van der Waals surface area contributed by atoms with Crippen molar-refractivity contribution in [3.05, 3.63) is 66.2 Å². The highest BCUT2D eigenvalue weighted by molar-refractivity contribution is 7.89. The number of rotatable bonds is 4. The molecule has 1 fully saturated rings. The van der Waals surface area contributed by atoms with Crippen LogP contribution in [0.5, 0.6) is 0 Å². The van der Waals surface area contributed by atoms with E-state index in [-0.39, 0.29) is 10.5 Å². The Bertz CT molecular complexity index is 1160.